The van der Waals surface area contributed by atoms with Gasteiger partial charge in [-0.05, 0) is 36.8 Å². The first-order valence-corrected chi connectivity index (χ1v) is 8.68. The molecule has 1 aliphatic heterocycles. The summed E-state index contributed by atoms with van der Waals surface area (Å²) in [5.74, 6) is -0.0802. The smallest absolute Gasteiger partial charge is 0.225 e. The maximum absolute atomic E-state index is 12.7. The summed E-state index contributed by atoms with van der Waals surface area (Å²) in [6, 6.07) is 11.1. The molecule has 2 aromatic rings. The highest BCUT2D eigenvalue weighted by molar-refractivity contribution is 6.30. The first kappa shape index (κ1) is 17.2. The van der Waals surface area contributed by atoms with Crippen LogP contribution in [0.25, 0.3) is 0 Å². The number of nitrogens with zero attached hydrogens (tertiary/aromatic N) is 1. The van der Waals surface area contributed by atoms with Gasteiger partial charge in [-0.2, -0.15) is 0 Å². The van der Waals surface area contributed by atoms with Crippen molar-refractivity contribution < 1.29 is 4.79 Å². The minimum absolute atomic E-state index is 0.0224. The highest BCUT2D eigenvalue weighted by Gasteiger charge is 2.35. The molecule has 3 unspecified atom stereocenters. The Balaban J connectivity index is 1.70. The number of rotatable bonds is 4. The number of halogens is 2. The molecule has 0 aliphatic carbocycles. The van der Waals surface area contributed by atoms with E-state index < -0.39 is 0 Å². The van der Waals surface area contributed by atoms with Crippen LogP contribution < -0.4 is 10.6 Å². The number of pyridine rings is 1. The van der Waals surface area contributed by atoms with Crippen molar-refractivity contribution in [1.82, 2.24) is 15.6 Å². The third kappa shape index (κ3) is 3.89. The van der Waals surface area contributed by atoms with Gasteiger partial charge in [-0.1, -0.05) is 35.3 Å². The summed E-state index contributed by atoms with van der Waals surface area (Å²) in [6.45, 7) is 3.34. The lowest BCUT2D eigenvalue weighted by atomic mass is 9.91. The molecule has 2 N–H and O–H groups in total. The standard InChI is InChI=1S/C18H19Cl2N3O/c1-11(12-3-2-4-13(19)7-12)23-18(24)16-10-21-9-15(16)17-6-5-14(20)8-22-17/h2-8,11,15-16,21H,9-10H2,1H3,(H,23,24). The number of carbonyl (C=O) groups is 1. The van der Waals surface area contributed by atoms with Crippen LogP contribution in [0.4, 0.5) is 0 Å². The zero-order chi connectivity index (χ0) is 17.1. The Hall–Kier alpha value is -1.62. The molecule has 6 heteroatoms. The summed E-state index contributed by atoms with van der Waals surface area (Å²) >= 11 is 11.9. The van der Waals surface area contributed by atoms with Gasteiger partial charge in [0.15, 0.2) is 0 Å². The summed E-state index contributed by atoms with van der Waals surface area (Å²) in [5.41, 5.74) is 1.88. The van der Waals surface area contributed by atoms with E-state index in [0.29, 0.717) is 16.6 Å². The van der Waals surface area contributed by atoms with Gasteiger partial charge in [0.05, 0.1) is 17.0 Å². The molecule has 1 saturated heterocycles. The predicted molar refractivity (Wildman–Crippen MR) is 96.4 cm³/mol. The Bertz CT molecular complexity index is 720. The van der Waals surface area contributed by atoms with Gasteiger partial charge in [0.2, 0.25) is 5.91 Å². The summed E-state index contributed by atoms with van der Waals surface area (Å²) in [7, 11) is 0. The largest absolute Gasteiger partial charge is 0.349 e. The van der Waals surface area contributed by atoms with Gasteiger partial charge in [0.1, 0.15) is 0 Å². The molecule has 1 amide bonds. The van der Waals surface area contributed by atoms with E-state index in [-0.39, 0.29) is 23.8 Å². The average molecular weight is 364 g/mol. The molecular formula is C18H19Cl2N3O. The summed E-state index contributed by atoms with van der Waals surface area (Å²) in [6.07, 6.45) is 1.62. The van der Waals surface area contributed by atoms with Crippen LogP contribution in [0.2, 0.25) is 10.0 Å². The van der Waals surface area contributed by atoms with Crippen LogP contribution in [0.15, 0.2) is 42.6 Å². The van der Waals surface area contributed by atoms with Crippen LogP contribution in [0.5, 0.6) is 0 Å². The third-order valence-electron chi connectivity index (χ3n) is 4.39. The van der Waals surface area contributed by atoms with Crippen LogP contribution in [0.1, 0.15) is 30.1 Å². The molecule has 0 saturated carbocycles. The van der Waals surface area contributed by atoms with Crippen molar-refractivity contribution in [3.63, 3.8) is 0 Å². The Labute approximate surface area is 151 Å². The highest BCUT2D eigenvalue weighted by Crippen LogP contribution is 2.28. The van der Waals surface area contributed by atoms with Crippen LogP contribution in [-0.4, -0.2) is 24.0 Å². The monoisotopic (exact) mass is 363 g/mol. The molecule has 1 fully saturated rings. The van der Waals surface area contributed by atoms with E-state index in [1.165, 1.54) is 0 Å². The molecule has 0 radical (unpaired) electrons. The van der Waals surface area contributed by atoms with Crippen molar-refractivity contribution >= 4 is 29.1 Å². The lowest BCUT2D eigenvalue weighted by Gasteiger charge is -2.21. The molecular weight excluding hydrogens is 345 g/mol. The van der Waals surface area contributed by atoms with Crippen molar-refractivity contribution in [3.8, 4) is 0 Å². The second-order valence-electron chi connectivity index (χ2n) is 6.06. The first-order valence-electron chi connectivity index (χ1n) is 7.92. The van der Waals surface area contributed by atoms with Gasteiger partial charge in [0, 0.05) is 35.9 Å². The summed E-state index contributed by atoms with van der Waals surface area (Å²) in [4.78, 5) is 17.1. The molecule has 3 atom stereocenters. The van der Waals surface area contributed by atoms with Crippen molar-refractivity contribution in [2.24, 2.45) is 5.92 Å². The van der Waals surface area contributed by atoms with Gasteiger partial charge in [0.25, 0.3) is 0 Å². The summed E-state index contributed by atoms with van der Waals surface area (Å²) < 4.78 is 0. The second-order valence-corrected chi connectivity index (χ2v) is 6.93. The van der Waals surface area contributed by atoms with Crippen molar-refractivity contribution in [1.29, 1.82) is 0 Å². The first-order chi connectivity index (χ1) is 11.5. The number of nitrogens with one attached hydrogen (secondary N) is 2. The Kier molecular flexibility index (Phi) is 5.39. The van der Waals surface area contributed by atoms with E-state index in [4.69, 9.17) is 23.2 Å². The number of hydrogen-bond acceptors (Lipinski definition) is 3. The molecule has 1 aliphatic rings. The topological polar surface area (TPSA) is 54.0 Å². The van der Waals surface area contributed by atoms with Crippen molar-refractivity contribution in [3.05, 3.63) is 63.9 Å². The van der Waals surface area contributed by atoms with E-state index in [2.05, 4.69) is 15.6 Å². The SMILES string of the molecule is CC(NC(=O)C1CNCC1c1ccc(Cl)cn1)c1cccc(Cl)c1. The van der Waals surface area contributed by atoms with Crippen LogP contribution in [-0.2, 0) is 4.79 Å². The molecule has 24 heavy (non-hydrogen) atoms. The van der Waals surface area contributed by atoms with Gasteiger partial charge in [-0.3, -0.25) is 9.78 Å². The zero-order valence-electron chi connectivity index (χ0n) is 13.3. The number of amides is 1. The molecule has 3 rings (SSSR count). The van der Waals surface area contributed by atoms with E-state index >= 15 is 0 Å². The van der Waals surface area contributed by atoms with Crippen molar-refractivity contribution in [2.45, 2.75) is 18.9 Å². The lowest BCUT2D eigenvalue weighted by molar-refractivity contribution is -0.125. The van der Waals surface area contributed by atoms with Gasteiger partial charge in [-0.25, -0.2) is 0 Å². The number of carbonyl (C=O) groups excluding carboxylic acids is 1. The highest BCUT2D eigenvalue weighted by atomic mass is 35.5. The Morgan fingerprint density at radius 2 is 2.08 bits per heavy atom. The number of hydrogen-bond donors (Lipinski definition) is 2. The summed E-state index contributed by atoms with van der Waals surface area (Å²) in [5, 5.41) is 7.63. The molecule has 126 valence electrons. The quantitative estimate of drug-likeness (QED) is 0.872. The fourth-order valence-corrected chi connectivity index (χ4v) is 3.36. The maximum Gasteiger partial charge on any atom is 0.225 e. The van der Waals surface area contributed by atoms with Crippen LogP contribution >= 0.6 is 23.2 Å². The van der Waals surface area contributed by atoms with E-state index in [1.807, 2.05) is 43.3 Å². The molecule has 1 aromatic carbocycles. The fraction of sp³-hybridized carbons (Fsp3) is 0.333. The number of aromatic nitrogens is 1. The zero-order valence-corrected chi connectivity index (χ0v) is 14.8. The Morgan fingerprint density at radius 3 is 2.79 bits per heavy atom. The van der Waals surface area contributed by atoms with Gasteiger partial charge < -0.3 is 10.6 Å². The molecule has 1 aromatic heterocycles. The minimum Gasteiger partial charge on any atom is -0.349 e. The van der Waals surface area contributed by atoms with Gasteiger partial charge >= 0.3 is 0 Å². The van der Waals surface area contributed by atoms with Gasteiger partial charge in [-0.15, -0.1) is 0 Å². The minimum atomic E-state index is -0.152. The fourth-order valence-electron chi connectivity index (χ4n) is 3.05. The van der Waals surface area contributed by atoms with E-state index in [9.17, 15) is 4.79 Å². The molecule has 2 heterocycles. The normalized spacial score (nSPS) is 21.5. The predicted octanol–water partition coefficient (Wildman–Crippen LogP) is 3.57. The third-order valence-corrected chi connectivity index (χ3v) is 4.85. The molecule has 0 spiro atoms. The van der Waals surface area contributed by atoms with E-state index in [0.717, 1.165) is 17.8 Å². The maximum atomic E-state index is 12.7. The molecule has 4 nitrogen and oxygen atoms in total. The average Bonchev–Trinajstić information content (AvgIpc) is 3.05. The van der Waals surface area contributed by atoms with Crippen LogP contribution in [0.3, 0.4) is 0 Å². The van der Waals surface area contributed by atoms with Crippen molar-refractivity contribution in [2.75, 3.05) is 13.1 Å². The number of benzene rings is 1. The van der Waals surface area contributed by atoms with Crippen LogP contribution in [0, 0.1) is 5.92 Å². The Morgan fingerprint density at radius 1 is 1.25 bits per heavy atom. The lowest BCUT2D eigenvalue weighted by Crippen LogP contribution is -2.36. The molecule has 0 bridgehead atoms. The van der Waals surface area contributed by atoms with E-state index in [1.54, 1.807) is 6.20 Å². The second kappa shape index (κ2) is 7.51.